The molecule has 2 rings (SSSR count). The number of hydrogen-bond acceptors (Lipinski definition) is 2. The van der Waals surface area contributed by atoms with Gasteiger partial charge in [-0.3, -0.25) is 0 Å². The van der Waals surface area contributed by atoms with E-state index in [0.717, 1.165) is 24.7 Å². The van der Waals surface area contributed by atoms with Gasteiger partial charge in [-0.05, 0) is 56.4 Å². The van der Waals surface area contributed by atoms with Gasteiger partial charge >= 0.3 is 0 Å². The predicted octanol–water partition coefficient (Wildman–Crippen LogP) is 5.42. The summed E-state index contributed by atoms with van der Waals surface area (Å²) in [5, 5.41) is 6.79. The van der Waals surface area contributed by atoms with Gasteiger partial charge in [0.25, 0.3) is 0 Å². The third-order valence-electron chi connectivity index (χ3n) is 4.39. The lowest BCUT2D eigenvalue weighted by atomic mass is 10.1. The van der Waals surface area contributed by atoms with Crippen LogP contribution in [0.3, 0.4) is 0 Å². The zero-order valence-corrected chi connectivity index (χ0v) is 14.7. The molecule has 0 aliphatic rings. The highest BCUT2D eigenvalue weighted by Crippen LogP contribution is 2.26. The first-order valence-corrected chi connectivity index (χ1v) is 8.69. The standard InChI is InChI=1S/C19H27ClN2/c1-4-22(5-2)15(3)8-7-13-21-19-10-6-9-16-14-17(20)11-12-18(16)19/h6,9-12,14-15,21H,4-5,7-8,13H2,1-3H3. The Kier molecular flexibility index (Phi) is 6.53. The van der Waals surface area contributed by atoms with Crippen LogP contribution in [-0.4, -0.2) is 30.6 Å². The van der Waals surface area contributed by atoms with Crippen molar-refractivity contribution in [2.45, 2.75) is 39.7 Å². The molecule has 1 atom stereocenters. The maximum absolute atomic E-state index is 6.06. The Morgan fingerprint density at radius 1 is 1.14 bits per heavy atom. The van der Waals surface area contributed by atoms with E-state index in [9.17, 15) is 0 Å². The molecular weight excluding hydrogens is 292 g/mol. The third-order valence-corrected chi connectivity index (χ3v) is 4.63. The fourth-order valence-corrected chi connectivity index (χ4v) is 3.24. The number of anilines is 1. The molecule has 2 aromatic carbocycles. The molecule has 0 bridgehead atoms. The third kappa shape index (κ3) is 4.37. The van der Waals surface area contributed by atoms with Gasteiger partial charge in [0.2, 0.25) is 0 Å². The Bertz CT molecular complexity index is 593. The largest absolute Gasteiger partial charge is 0.385 e. The second kappa shape index (κ2) is 8.40. The van der Waals surface area contributed by atoms with Crippen molar-refractivity contribution < 1.29 is 0 Å². The molecule has 22 heavy (non-hydrogen) atoms. The lowest BCUT2D eigenvalue weighted by Crippen LogP contribution is -2.32. The van der Waals surface area contributed by atoms with E-state index in [0.29, 0.717) is 6.04 Å². The molecule has 0 fully saturated rings. The highest BCUT2D eigenvalue weighted by atomic mass is 35.5. The van der Waals surface area contributed by atoms with Gasteiger partial charge in [-0.2, -0.15) is 0 Å². The van der Waals surface area contributed by atoms with Crippen LogP contribution in [-0.2, 0) is 0 Å². The van der Waals surface area contributed by atoms with Crippen LogP contribution in [0.1, 0.15) is 33.6 Å². The van der Waals surface area contributed by atoms with Gasteiger partial charge < -0.3 is 10.2 Å². The van der Waals surface area contributed by atoms with E-state index in [1.807, 2.05) is 12.1 Å². The summed E-state index contributed by atoms with van der Waals surface area (Å²) in [7, 11) is 0. The SMILES string of the molecule is CCN(CC)C(C)CCCNc1cccc2cc(Cl)ccc12. The van der Waals surface area contributed by atoms with Crippen LogP contribution in [0.4, 0.5) is 5.69 Å². The number of fused-ring (bicyclic) bond motifs is 1. The van der Waals surface area contributed by atoms with E-state index in [4.69, 9.17) is 11.6 Å². The lowest BCUT2D eigenvalue weighted by Gasteiger charge is -2.26. The highest BCUT2D eigenvalue weighted by molar-refractivity contribution is 6.31. The van der Waals surface area contributed by atoms with E-state index in [1.54, 1.807) is 0 Å². The van der Waals surface area contributed by atoms with Crippen molar-refractivity contribution in [1.29, 1.82) is 0 Å². The molecule has 120 valence electrons. The first-order valence-electron chi connectivity index (χ1n) is 8.32. The second-order valence-electron chi connectivity index (χ2n) is 5.81. The van der Waals surface area contributed by atoms with Gasteiger partial charge in [0.1, 0.15) is 0 Å². The van der Waals surface area contributed by atoms with Crippen molar-refractivity contribution in [3.8, 4) is 0 Å². The van der Waals surface area contributed by atoms with Crippen molar-refractivity contribution >= 4 is 28.1 Å². The van der Waals surface area contributed by atoms with Crippen LogP contribution in [0.15, 0.2) is 36.4 Å². The van der Waals surface area contributed by atoms with Crippen LogP contribution >= 0.6 is 11.6 Å². The second-order valence-corrected chi connectivity index (χ2v) is 6.25. The normalized spacial score (nSPS) is 12.8. The number of nitrogens with one attached hydrogen (secondary N) is 1. The number of nitrogens with zero attached hydrogens (tertiary/aromatic N) is 1. The minimum Gasteiger partial charge on any atom is -0.385 e. The maximum Gasteiger partial charge on any atom is 0.0419 e. The molecular formula is C19H27ClN2. The van der Waals surface area contributed by atoms with Gasteiger partial charge in [-0.1, -0.05) is 43.6 Å². The fraction of sp³-hybridized carbons (Fsp3) is 0.474. The summed E-state index contributed by atoms with van der Waals surface area (Å²) in [5.41, 5.74) is 1.20. The van der Waals surface area contributed by atoms with Crippen molar-refractivity contribution in [2.75, 3.05) is 25.0 Å². The Hall–Kier alpha value is -1.25. The van der Waals surface area contributed by atoms with Crippen molar-refractivity contribution in [3.63, 3.8) is 0 Å². The fourth-order valence-electron chi connectivity index (χ4n) is 3.06. The van der Waals surface area contributed by atoms with Gasteiger partial charge in [0.15, 0.2) is 0 Å². The number of benzene rings is 2. The molecule has 0 radical (unpaired) electrons. The summed E-state index contributed by atoms with van der Waals surface area (Å²) in [4.78, 5) is 2.51. The van der Waals surface area contributed by atoms with Crippen molar-refractivity contribution in [1.82, 2.24) is 4.90 Å². The Labute approximate surface area is 139 Å². The molecule has 0 aromatic heterocycles. The molecule has 0 spiro atoms. The van der Waals surface area contributed by atoms with Crippen LogP contribution in [0.2, 0.25) is 5.02 Å². The average Bonchev–Trinajstić information content (AvgIpc) is 2.52. The average molecular weight is 319 g/mol. The van der Waals surface area contributed by atoms with Crippen LogP contribution in [0.25, 0.3) is 10.8 Å². The first-order chi connectivity index (χ1) is 10.7. The summed E-state index contributed by atoms with van der Waals surface area (Å²) in [5.74, 6) is 0. The molecule has 1 unspecified atom stereocenters. The quantitative estimate of drug-likeness (QED) is 0.654. The van der Waals surface area contributed by atoms with E-state index < -0.39 is 0 Å². The van der Waals surface area contributed by atoms with Crippen molar-refractivity contribution in [2.24, 2.45) is 0 Å². The molecule has 0 amide bonds. The van der Waals surface area contributed by atoms with Crippen LogP contribution in [0, 0.1) is 0 Å². The maximum atomic E-state index is 6.06. The summed E-state index contributed by atoms with van der Waals surface area (Å²) in [6.07, 6.45) is 2.41. The van der Waals surface area contributed by atoms with Gasteiger partial charge in [0, 0.05) is 28.7 Å². The highest BCUT2D eigenvalue weighted by Gasteiger charge is 2.09. The molecule has 2 aromatic rings. The summed E-state index contributed by atoms with van der Waals surface area (Å²) >= 11 is 6.06. The molecule has 0 heterocycles. The monoisotopic (exact) mass is 318 g/mol. The van der Waals surface area contributed by atoms with Gasteiger partial charge in [-0.25, -0.2) is 0 Å². The molecule has 1 N–H and O–H groups in total. The van der Waals surface area contributed by atoms with E-state index >= 15 is 0 Å². The minimum absolute atomic E-state index is 0.656. The van der Waals surface area contributed by atoms with E-state index in [-0.39, 0.29) is 0 Å². The smallest absolute Gasteiger partial charge is 0.0419 e. The Balaban J connectivity index is 1.90. The number of halogens is 1. The summed E-state index contributed by atoms with van der Waals surface area (Å²) < 4.78 is 0. The van der Waals surface area contributed by atoms with Gasteiger partial charge in [0.05, 0.1) is 0 Å². The zero-order chi connectivity index (χ0) is 15.9. The lowest BCUT2D eigenvalue weighted by molar-refractivity contribution is 0.219. The Morgan fingerprint density at radius 3 is 2.64 bits per heavy atom. The number of rotatable bonds is 8. The van der Waals surface area contributed by atoms with E-state index in [2.05, 4.69) is 55.3 Å². The van der Waals surface area contributed by atoms with Gasteiger partial charge in [-0.15, -0.1) is 0 Å². The first kappa shape index (κ1) is 17.1. The van der Waals surface area contributed by atoms with Crippen LogP contribution in [0.5, 0.6) is 0 Å². The molecule has 0 aliphatic carbocycles. The van der Waals surface area contributed by atoms with Crippen molar-refractivity contribution in [3.05, 3.63) is 41.4 Å². The minimum atomic E-state index is 0.656. The summed E-state index contributed by atoms with van der Waals surface area (Å²) in [6, 6.07) is 13.1. The van der Waals surface area contributed by atoms with Crippen LogP contribution < -0.4 is 5.32 Å². The molecule has 3 heteroatoms. The van der Waals surface area contributed by atoms with E-state index in [1.165, 1.54) is 29.3 Å². The molecule has 2 nitrogen and oxygen atoms in total. The molecule has 0 saturated carbocycles. The zero-order valence-electron chi connectivity index (χ0n) is 13.9. The Morgan fingerprint density at radius 2 is 1.91 bits per heavy atom. The molecule has 0 aliphatic heterocycles. The topological polar surface area (TPSA) is 15.3 Å². The summed E-state index contributed by atoms with van der Waals surface area (Å²) in [6.45, 7) is 10.1. The molecule has 0 saturated heterocycles. The number of hydrogen-bond donors (Lipinski definition) is 1. The predicted molar refractivity (Wildman–Crippen MR) is 99.1 cm³/mol.